The smallest absolute Gasteiger partial charge is 0.155 e. The molecule has 3 aromatic carbocycles. The van der Waals surface area contributed by atoms with Gasteiger partial charge >= 0.3 is 36.9 Å². The van der Waals surface area contributed by atoms with Crippen molar-refractivity contribution in [3.8, 4) is 5.75 Å². The third-order valence-corrected chi connectivity index (χ3v) is 9.52. The molecule has 3 nitrogen and oxygen atoms in total. The minimum Gasteiger partial charge on any atom is -0.505 e. The van der Waals surface area contributed by atoms with Gasteiger partial charge in [-0.15, -0.1) is 0 Å². The van der Waals surface area contributed by atoms with E-state index in [9.17, 15) is 5.11 Å². The Morgan fingerprint density at radius 2 is 0.949 bits per heavy atom. The topological polar surface area (TPSA) is 26.7 Å². The van der Waals surface area contributed by atoms with Crippen LogP contribution in [0.4, 0.5) is 11.4 Å². The molecule has 0 aromatic heterocycles. The fourth-order valence-corrected chi connectivity index (χ4v) is 5.81. The molecule has 0 saturated carbocycles. The number of aromatic hydroxyl groups is 1. The molecule has 4 rings (SSSR count). The molecule has 0 unspecified atom stereocenters. The summed E-state index contributed by atoms with van der Waals surface area (Å²) in [5, 5.41) is 9.01. The van der Waals surface area contributed by atoms with Gasteiger partial charge in [0.2, 0.25) is 0 Å². The van der Waals surface area contributed by atoms with Crippen molar-refractivity contribution in [2.75, 3.05) is 22.9 Å². The average Bonchev–Trinajstić information content (AvgIpc) is 3.33. The van der Waals surface area contributed by atoms with Gasteiger partial charge in [-0.05, 0) is 63.8 Å². The van der Waals surface area contributed by atoms with Gasteiger partial charge in [0, 0.05) is 24.5 Å². The van der Waals surface area contributed by atoms with Gasteiger partial charge in [-0.25, -0.2) is 0 Å². The van der Waals surface area contributed by atoms with Crippen molar-refractivity contribution in [2.45, 2.75) is 48.5 Å². The summed E-state index contributed by atoms with van der Waals surface area (Å²) < 4.78 is 1.98. The minimum absolute atomic E-state index is 0.00904. The monoisotopic (exact) mass is 736 g/mol. The Kier molecular flexibility index (Phi) is 13.7. The second-order valence-electron chi connectivity index (χ2n) is 9.20. The van der Waals surface area contributed by atoms with Crippen LogP contribution in [0.25, 0.3) is 0 Å². The van der Waals surface area contributed by atoms with Gasteiger partial charge in [0.1, 0.15) is 10.0 Å². The molecule has 0 atom stereocenters. The van der Waals surface area contributed by atoms with Crippen LogP contribution in [0, 0.1) is 48.2 Å². The van der Waals surface area contributed by atoms with Gasteiger partial charge in [0.15, 0.2) is 5.75 Å². The number of anilines is 2. The number of nitrogens with zero attached hydrogens (tertiary/aromatic N) is 2. The van der Waals surface area contributed by atoms with E-state index in [1.165, 1.54) is 44.8 Å². The van der Waals surface area contributed by atoms with Crippen LogP contribution in [0.5, 0.6) is 5.75 Å². The van der Waals surface area contributed by atoms with E-state index in [0.717, 1.165) is 13.1 Å². The maximum absolute atomic E-state index is 9.20. The molecule has 3 aromatic rings. The van der Waals surface area contributed by atoms with Gasteiger partial charge in [0.05, 0.1) is 15.1 Å². The number of aryl methyl sites for hydroxylation is 6. The van der Waals surface area contributed by atoms with Crippen LogP contribution < -0.4 is 9.80 Å². The molecular weight excluding hydrogens is 706 g/mol. The summed E-state index contributed by atoms with van der Waals surface area (Å²) in [6.45, 7) is 19.5. The summed E-state index contributed by atoms with van der Waals surface area (Å²) >= 11 is 28.0. The molecule has 1 aliphatic heterocycles. The number of phenols is 1. The van der Waals surface area contributed by atoms with Crippen molar-refractivity contribution in [2.24, 2.45) is 0 Å². The van der Waals surface area contributed by atoms with E-state index in [4.69, 9.17) is 67.7 Å². The Balaban J connectivity index is 0.000000279. The second-order valence-corrected chi connectivity index (χ2v) is 13.4. The normalized spacial score (nSPS) is 13.1. The summed E-state index contributed by atoms with van der Waals surface area (Å²) in [4.78, 5) is 4.81. The van der Waals surface area contributed by atoms with Crippen LogP contribution in [0.3, 0.4) is 0 Å². The molecule has 1 N–H and O–H groups in total. The predicted octanol–water partition coefficient (Wildman–Crippen LogP) is 10.7. The van der Waals surface area contributed by atoms with E-state index < -0.39 is 0 Å². The molecule has 0 radical (unpaired) electrons. The molecule has 10 heteroatoms. The fourth-order valence-electron chi connectivity index (χ4n) is 4.68. The van der Waals surface area contributed by atoms with Crippen LogP contribution in [0.1, 0.15) is 40.3 Å². The summed E-state index contributed by atoms with van der Waals surface area (Å²) in [5.41, 5.74) is 10.8. The van der Waals surface area contributed by atoms with Crippen LogP contribution in [0.2, 0.25) is 25.1 Å². The van der Waals surface area contributed by atoms with E-state index in [2.05, 4.69) is 82.3 Å². The number of halogens is 6. The van der Waals surface area contributed by atoms with Crippen LogP contribution >= 0.6 is 67.7 Å². The van der Waals surface area contributed by atoms with Gasteiger partial charge < -0.3 is 14.9 Å². The van der Waals surface area contributed by atoms with Crippen molar-refractivity contribution in [3.63, 3.8) is 0 Å². The molecule has 215 valence electrons. The molecule has 1 aliphatic rings. The van der Waals surface area contributed by atoms with E-state index in [0.29, 0.717) is 0 Å². The van der Waals surface area contributed by atoms with E-state index >= 15 is 0 Å². The SMILES string of the molecule is C[CH]=[Ru][Cl].Cc1cc(C)c(N2[CH-]N(c3c(C)cc(C)cc3C)CC2)c(C)c1.Oc1c(Cl)c(Cl)c(Cl)c(Cl)c1Cl. The second kappa shape index (κ2) is 15.5. The Bertz CT molecular complexity index is 1140. The molecule has 0 bridgehead atoms. The van der Waals surface area contributed by atoms with Crippen LogP contribution in [-0.4, -0.2) is 22.8 Å². The summed E-state index contributed by atoms with van der Waals surface area (Å²) in [6, 6.07) is 9.12. The van der Waals surface area contributed by atoms with Crippen LogP contribution in [-0.2, 0) is 15.7 Å². The van der Waals surface area contributed by atoms with Gasteiger partial charge in [-0.2, -0.15) is 6.67 Å². The Labute approximate surface area is 269 Å². The third-order valence-electron chi connectivity index (χ3n) is 5.97. The van der Waals surface area contributed by atoms with E-state index in [1.54, 1.807) is 0 Å². The van der Waals surface area contributed by atoms with Gasteiger partial charge in [-0.3, -0.25) is 0 Å². The predicted molar refractivity (Wildman–Crippen MR) is 171 cm³/mol. The van der Waals surface area contributed by atoms with Crippen molar-refractivity contribution in [1.29, 1.82) is 0 Å². The fraction of sp³-hybridized carbons (Fsp3) is 0.310. The summed E-state index contributed by atoms with van der Waals surface area (Å²) in [5.74, 6) is -0.363. The zero-order valence-corrected chi connectivity index (χ0v) is 29.1. The van der Waals surface area contributed by atoms with Crippen molar-refractivity contribution in [1.82, 2.24) is 0 Å². The van der Waals surface area contributed by atoms with Crippen molar-refractivity contribution in [3.05, 3.63) is 89.4 Å². The van der Waals surface area contributed by atoms with Crippen molar-refractivity contribution >= 4 is 83.7 Å². The molecule has 0 amide bonds. The first kappa shape index (κ1) is 34.5. The molecule has 0 aliphatic carbocycles. The number of hydrogen-bond donors (Lipinski definition) is 1. The molecule has 39 heavy (non-hydrogen) atoms. The molecular formula is C29H32Cl6N2ORu-. The standard InChI is InChI=1S/C21H27N2.C6HCl5O.C2H4.ClH.Ru/c1-14-9-16(3)20(17(4)10-14)22-7-8-23(13-22)21-18(5)11-15(2)12-19(21)6;7-1-2(8)4(10)6(12)5(11)3(1)9;1-2;;/h9-13H,7-8H2,1-6H3;12H;1H,2H3;1H;/q-1;;;;+1/p-1. The number of phenolic OH excluding ortho intramolecular Hbond substituents is 1. The third kappa shape index (κ3) is 8.65. The van der Waals surface area contributed by atoms with Crippen molar-refractivity contribution < 1.29 is 20.8 Å². The first-order chi connectivity index (χ1) is 18.2. The largest absolute Gasteiger partial charge is 0.505 e. The quantitative estimate of drug-likeness (QED) is 0.123. The Hall–Kier alpha value is -0.707. The van der Waals surface area contributed by atoms with E-state index in [1.807, 2.05) is 11.5 Å². The number of benzene rings is 3. The van der Waals surface area contributed by atoms with Gasteiger partial charge in [-0.1, -0.05) is 93.4 Å². The van der Waals surface area contributed by atoms with E-state index in [-0.39, 0.29) is 46.5 Å². The Morgan fingerprint density at radius 3 is 1.23 bits per heavy atom. The minimum atomic E-state index is -0.363. The molecule has 1 fully saturated rings. The first-order valence-electron chi connectivity index (χ1n) is 12.0. The number of hydrogen-bond acceptors (Lipinski definition) is 3. The maximum Gasteiger partial charge on any atom is 0.155 e. The molecule has 0 spiro atoms. The zero-order chi connectivity index (χ0) is 29.6. The summed E-state index contributed by atoms with van der Waals surface area (Å²) in [7, 11) is 5.22. The zero-order valence-electron chi connectivity index (χ0n) is 22.8. The number of rotatable bonds is 2. The molecule has 1 heterocycles. The molecule has 1 saturated heterocycles. The first-order valence-corrected chi connectivity index (χ1v) is 17.1. The summed E-state index contributed by atoms with van der Waals surface area (Å²) in [6.07, 6.45) is 0. The Morgan fingerprint density at radius 1 is 0.667 bits per heavy atom. The average molecular weight is 738 g/mol. The van der Waals surface area contributed by atoms with Gasteiger partial charge in [0.25, 0.3) is 0 Å². The maximum atomic E-state index is 9.20. The van der Waals surface area contributed by atoms with Crippen LogP contribution in [0.15, 0.2) is 24.3 Å².